The van der Waals surface area contributed by atoms with Gasteiger partial charge in [0.15, 0.2) is 0 Å². The van der Waals surface area contributed by atoms with Crippen LogP contribution in [-0.2, 0) is 6.54 Å². The smallest absolute Gasteiger partial charge is 0.335 e. The molecule has 0 atom stereocenters. The summed E-state index contributed by atoms with van der Waals surface area (Å²) in [6.07, 6.45) is 0. The van der Waals surface area contributed by atoms with Crippen LogP contribution >= 0.6 is 0 Å². The van der Waals surface area contributed by atoms with E-state index in [4.69, 9.17) is 5.11 Å². The Labute approximate surface area is 117 Å². The minimum atomic E-state index is -1.03. The zero-order valence-electron chi connectivity index (χ0n) is 11.1. The van der Waals surface area contributed by atoms with E-state index in [2.05, 4.69) is 6.07 Å². The third-order valence-corrected chi connectivity index (χ3v) is 3.04. The number of carbonyl (C=O) groups is 1. The molecule has 2 aromatic carbocycles. The van der Waals surface area contributed by atoms with E-state index in [0.717, 1.165) is 11.3 Å². The molecule has 4 heteroatoms. The Morgan fingerprint density at radius 1 is 1.25 bits per heavy atom. The predicted molar refractivity (Wildman–Crippen MR) is 76.7 cm³/mol. The molecule has 2 aromatic rings. The number of carboxylic acid groups (broad SMARTS) is 1. The number of hydrogen-bond donors (Lipinski definition) is 1. The van der Waals surface area contributed by atoms with Crippen LogP contribution in [0.5, 0.6) is 0 Å². The summed E-state index contributed by atoms with van der Waals surface area (Å²) >= 11 is 0. The van der Waals surface area contributed by atoms with Crippen LogP contribution in [0.3, 0.4) is 0 Å². The lowest BCUT2D eigenvalue weighted by Crippen LogP contribution is -2.17. The normalized spacial score (nSPS) is 9.80. The Bertz CT molecular complexity index is 660. The summed E-state index contributed by atoms with van der Waals surface area (Å²) < 4.78 is 0. The fourth-order valence-corrected chi connectivity index (χ4v) is 2.03. The Balaban J connectivity index is 2.28. The van der Waals surface area contributed by atoms with Gasteiger partial charge in [0.25, 0.3) is 0 Å². The van der Waals surface area contributed by atoms with E-state index >= 15 is 0 Å². The zero-order valence-corrected chi connectivity index (χ0v) is 11.1. The van der Waals surface area contributed by atoms with Gasteiger partial charge in [-0.2, -0.15) is 5.26 Å². The number of benzene rings is 2. The second-order valence-corrected chi connectivity index (χ2v) is 4.49. The first-order valence-electron chi connectivity index (χ1n) is 6.14. The first kappa shape index (κ1) is 13.6. The van der Waals surface area contributed by atoms with Gasteiger partial charge in [0, 0.05) is 13.6 Å². The van der Waals surface area contributed by atoms with Crippen LogP contribution < -0.4 is 4.90 Å². The summed E-state index contributed by atoms with van der Waals surface area (Å²) in [6, 6.07) is 16.5. The van der Waals surface area contributed by atoms with Gasteiger partial charge >= 0.3 is 5.97 Å². The van der Waals surface area contributed by atoms with Gasteiger partial charge in [0.1, 0.15) is 6.07 Å². The maximum atomic E-state index is 10.9. The molecule has 0 saturated carbocycles. The van der Waals surface area contributed by atoms with Crippen molar-refractivity contribution in [2.24, 2.45) is 0 Å². The van der Waals surface area contributed by atoms with Gasteiger partial charge in [-0.1, -0.05) is 30.3 Å². The van der Waals surface area contributed by atoms with E-state index in [1.165, 1.54) is 12.1 Å². The van der Waals surface area contributed by atoms with Gasteiger partial charge in [-0.3, -0.25) is 0 Å². The number of hydrogen-bond acceptors (Lipinski definition) is 3. The fourth-order valence-electron chi connectivity index (χ4n) is 2.03. The molecule has 1 N–H and O–H groups in total. The van der Waals surface area contributed by atoms with Crippen LogP contribution in [-0.4, -0.2) is 18.1 Å². The molecule has 0 aromatic heterocycles. The van der Waals surface area contributed by atoms with Crippen LogP contribution in [0.4, 0.5) is 5.69 Å². The van der Waals surface area contributed by atoms with Crippen molar-refractivity contribution in [3.8, 4) is 6.07 Å². The molecule has 0 amide bonds. The summed E-state index contributed by atoms with van der Waals surface area (Å²) in [5.74, 6) is -1.03. The molecule has 100 valence electrons. The molecule has 0 aliphatic rings. The van der Waals surface area contributed by atoms with Crippen LogP contribution in [0, 0.1) is 11.3 Å². The Kier molecular flexibility index (Phi) is 4.02. The maximum Gasteiger partial charge on any atom is 0.335 e. The van der Waals surface area contributed by atoms with E-state index in [1.54, 1.807) is 6.07 Å². The van der Waals surface area contributed by atoms with Crippen molar-refractivity contribution in [1.82, 2.24) is 0 Å². The largest absolute Gasteiger partial charge is 0.478 e. The lowest BCUT2D eigenvalue weighted by atomic mass is 10.1. The van der Waals surface area contributed by atoms with Gasteiger partial charge in [-0.25, -0.2) is 4.79 Å². The van der Waals surface area contributed by atoms with Gasteiger partial charge in [-0.05, 0) is 23.8 Å². The molecule has 0 spiro atoms. The van der Waals surface area contributed by atoms with Crippen molar-refractivity contribution in [2.45, 2.75) is 6.54 Å². The molecule has 0 fully saturated rings. The molecular weight excluding hydrogens is 252 g/mol. The van der Waals surface area contributed by atoms with Crippen molar-refractivity contribution in [1.29, 1.82) is 5.26 Å². The third kappa shape index (κ3) is 2.96. The zero-order chi connectivity index (χ0) is 14.5. The minimum absolute atomic E-state index is 0.124. The van der Waals surface area contributed by atoms with Crippen molar-refractivity contribution in [3.05, 3.63) is 65.2 Å². The quantitative estimate of drug-likeness (QED) is 0.924. The highest BCUT2D eigenvalue weighted by molar-refractivity contribution is 5.89. The summed E-state index contributed by atoms with van der Waals surface area (Å²) in [6.45, 7) is 0.655. The average molecular weight is 266 g/mol. The second-order valence-electron chi connectivity index (χ2n) is 4.49. The van der Waals surface area contributed by atoms with E-state index in [0.29, 0.717) is 12.1 Å². The third-order valence-electron chi connectivity index (χ3n) is 3.04. The molecule has 0 aliphatic heterocycles. The number of aromatic carboxylic acids is 1. The van der Waals surface area contributed by atoms with Crippen LogP contribution in [0.2, 0.25) is 0 Å². The van der Waals surface area contributed by atoms with Crippen LogP contribution in [0.1, 0.15) is 21.5 Å². The standard InChI is InChI=1S/C16H14N2O2/c1-18(11-12-5-3-2-4-6-12)15-8-7-13(16(19)20)9-14(15)10-17/h2-9H,11H2,1H3,(H,19,20). The SMILES string of the molecule is CN(Cc1ccccc1)c1ccc(C(=O)O)cc1C#N. The molecule has 0 heterocycles. The first-order valence-corrected chi connectivity index (χ1v) is 6.14. The van der Waals surface area contributed by atoms with E-state index in [1.807, 2.05) is 42.3 Å². The van der Waals surface area contributed by atoms with Gasteiger partial charge < -0.3 is 10.0 Å². The predicted octanol–water partition coefficient (Wildman–Crippen LogP) is 2.89. The molecule has 0 unspecified atom stereocenters. The minimum Gasteiger partial charge on any atom is -0.478 e. The van der Waals surface area contributed by atoms with Crippen LogP contribution in [0.25, 0.3) is 0 Å². The number of nitrogens with zero attached hydrogens (tertiary/aromatic N) is 2. The monoisotopic (exact) mass is 266 g/mol. The molecule has 0 bridgehead atoms. The number of anilines is 1. The van der Waals surface area contributed by atoms with Gasteiger partial charge in [0.05, 0.1) is 16.8 Å². The molecular formula is C16H14N2O2. The molecule has 0 saturated heterocycles. The highest BCUT2D eigenvalue weighted by Crippen LogP contribution is 2.22. The molecule has 0 aliphatic carbocycles. The average Bonchev–Trinajstić information content (AvgIpc) is 2.47. The molecule has 2 rings (SSSR count). The van der Waals surface area contributed by atoms with Gasteiger partial charge in [-0.15, -0.1) is 0 Å². The Hall–Kier alpha value is -2.80. The highest BCUT2D eigenvalue weighted by atomic mass is 16.4. The van der Waals surface area contributed by atoms with Crippen molar-refractivity contribution < 1.29 is 9.90 Å². The number of carboxylic acids is 1. The number of nitriles is 1. The van der Waals surface area contributed by atoms with E-state index in [9.17, 15) is 10.1 Å². The topological polar surface area (TPSA) is 64.3 Å². The van der Waals surface area contributed by atoms with Crippen LogP contribution in [0.15, 0.2) is 48.5 Å². The fraction of sp³-hybridized carbons (Fsp3) is 0.125. The van der Waals surface area contributed by atoms with Crippen molar-refractivity contribution >= 4 is 11.7 Å². The summed E-state index contributed by atoms with van der Waals surface area (Å²) in [5, 5.41) is 18.1. The Morgan fingerprint density at radius 2 is 1.95 bits per heavy atom. The van der Waals surface area contributed by atoms with Crippen molar-refractivity contribution in [3.63, 3.8) is 0 Å². The molecule has 20 heavy (non-hydrogen) atoms. The lowest BCUT2D eigenvalue weighted by Gasteiger charge is -2.20. The second kappa shape index (κ2) is 5.89. The first-order chi connectivity index (χ1) is 9.61. The highest BCUT2D eigenvalue weighted by Gasteiger charge is 2.11. The summed E-state index contributed by atoms with van der Waals surface area (Å²) in [4.78, 5) is 12.8. The molecule has 4 nitrogen and oxygen atoms in total. The Morgan fingerprint density at radius 3 is 2.55 bits per heavy atom. The van der Waals surface area contributed by atoms with Crippen molar-refractivity contribution in [2.75, 3.05) is 11.9 Å². The summed E-state index contributed by atoms with van der Waals surface area (Å²) in [7, 11) is 1.88. The summed E-state index contributed by atoms with van der Waals surface area (Å²) in [5.41, 5.74) is 2.34. The lowest BCUT2D eigenvalue weighted by molar-refractivity contribution is 0.0697. The molecule has 0 radical (unpaired) electrons. The van der Waals surface area contributed by atoms with Gasteiger partial charge in [0.2, 0.25) is 0 Å². The number of rotatable bonds is 4. The van der Waals surface area contributed by atoms with E-state index < -0.39 is 5.97 Å². The maximum absolute atomic E-state index is 10.9. The van der Waals surface area contributed by atoms with E-state index in [-0.39, 0.29) is 5.56 Å².